The van der Waals surface area contributed by atoms with Crippen LogP contribution in [0, 0.1) is 11.3 Å². The third-order valence-corrected chi connectivity index (χ3v) is 4.06. The van der Waals surface area contributed by atoms with Gasteiger partial charge >= 0.3 is 5.97 Å². The maximum Gasteiger partial charge on any atom is 0.346 e. The normalized spacial score (nSPS) is 11.1. The van der Waals surface area contributed by atoms with Gasteiger partial charge in [0.25, 0.3) is 0 Å². The molecule has 25 heavy (non-hydrogen) atoms. The molecule has 0 saturated heterocycles. The third kappa shape index (κ3) is 3.67. The van der Waals surface area contributed by atoms with Gasteiger partial charge in [-0.1, -0.05) is 46.3 Å². The Labute approximate surface area is 152 Å². The van der Waals surface area contributed by atoms with Gasteiger partial charge in [-0.2, -0.15) is 10.4 Å². The van der Waals surface area contributed by atoms with E-state index in [2.05, 4.69) is 21.0 Å². The largest absolute Gasteiger partial charge is 0.477 e. The average Bonchev–Trinajstić information content (AvgIpc) is 3.04. The molecule has 0 saturated carbocycles. The Balaban J connectivity index is 2.18. The van der Waals surface area contributed by atoms with Crippen molar-refractivity contribution < 1.29 is 9.90 Å². The van der Waals surface area contributed by atoms with Crippen molar-refractivity contribution in [1.29, 1.82) is 5.26 Å². The zero-order chi connectivity index (χ0) is 17.8. The minimum Gasteiger partial charge on any atom is -0.477 e. The summed E-state index contributed by atoms with van der Waals surface area (Å²) >= 11 is 3.39. The molecule has 3 aromatic rings. The smallest absolute Gasteiger partial charge is 0.346 e. The van der Waals surface area contributed by atoms with Crippen molar-refractivity contribution in [2.24, 2.45) is 0 Å². The second kappa shape index (κ2) is 7.16. The summed E-state index contributed by atoms with van der Waals surface area (Å²) < 4.78 is 2.60. The number of rotatable bonds is 4. The number of carbonyl (C=O) groups is 1. The number of benzene rings is 2. The molecule has 0 aliphatic carbocycles. The number of para-hydroxylation sites is 1. The molecule has 0 radical (unpaired) electrons. The van der Waals surface area contributed by atoms with Crippen LogP contribution in [0.25, 0.3) is 23.0 Å². The van der Waals surface area contributed by atoms with Gasteiger partial charge in [-0.15, -0.1) is 0 Å². The Morgan fingerprint density at radius 2 is 1.84 bits per heavy atom. The fraction of sp³-hybridized carbons (Fsp3) is 0. The number of nitrogens with zero attached hydrogens (tertiary/aromatic N) is 3. The zero-order valence-corrected chi connectivity index (χ0v) is 14.5. The quantitative estimate of drug-likeness (QED) is 0.529. The maximum atomic E-state index is 11.2. The minimum absolute atomic E-state index is 0.342. The Kier molecular flexibility index (Phi) is 4.78. The number of hydrogen-bond acceptors (Lipinski definition) is 3. The predicted octanol–water partition coefficient (Wildman–Crippen LogP) is 4.29. The highest BCUT2D eigenvalue weighted by atomic mass is 79.9. The SMILES string of the molecule is N#CC(=Cc1cn(-c2ccccc2)nc1-c1ccc(Br)cc1)C(=O)O. The van der Waals surface area contributed by atoms with Crippen LogP contribution in [0.3, 0.4) is 0 Å². The Bertz CT molecular complexity index is 984. The van der Waals surface area contributed by atoms with Crippen molar-refractivity contribution in [3.05, 3.63) is 76.4 Å². The highest BCUT2D eigenvalue weighted by Gasteiger charge is 2.14. The topological polar surface area (TPSA) is 78.9 Å². The summed E-state index contributed by atoms with van der Waals surface area (Å²) in [5.74, 6) is -1.27. The van der Waals surface area contributed by atoms with Gasteiger partial charge in [0.05, 0.1) is 11.4 Å². The molecular formula is C19H12BrN3O2. The molecule has 0 fully saturated rings. The molecule has 1 heterocycles. The number of carboxylic acid groups (broad SMARTS) is 1. The summed E-state index contributed by atoms with van der Waals surface area (Å²) in [6.07, 6.45) is 3.05. The predicted molar refractivity (Wildman–Crippen MR) is 97.9 cm³/mol. The first kappa shape index (κ1) is 16.7. The molecule has 1 N–H and O–H groups in total. The summed E-state index contributed by atoms with van der Waals surface area (Å²) in [6.45, 7) is 0. The minimum atomic E-state index is -1.27. The second-order valence-corrected chi connectivity index (χ2v) is 6.11. The van der Waals surface area contributed by atoms with E-state index in [1.807, 2.05) is 54.6 Å². The van der Waals surface area contributed by atoms with Crippen LogP contribution in [-0.2, 0) is 4.79 Å². The molecular weight excluding hydrogens is 382 g/mol. The Morgan fingerprint density at radius 1 is 1.16 bits per heavy atom. The van der Waals surface area contributed by atoms with Crippen LogP contribution in [0.1, 0.15) is 5.56 Å². The molecule has 0 unspecified atom stereocenters. The first-order chi connectivity index (χ1) is 12.1. The number of aromatic nitrogens is 2. The molecule has 6 heteroatoms. The van der Waals surface area contributed by atoms with Gasteiger partial charge in [0.2, 0.25) is 0 Å². The fourth-order valence-electron chi connectivity index (χ4n) is 2.34. The van der Waals surface area contributed by atoms with E-state index >= 15 is 0 Å². The van der Waals surface area contributed by atoms with Crippen LogP contribution in [-0.4, -0.2) is 20.9 Å². The van der Waals surface area contributed by atoms with E-state index in [1.54, 1.807) is 16.9 Å². The van der Waals surface area contributed by atoms with E-state index in [4.69, 9.17) is 10.4 Å². The Morgan fingerprint density at radius 3 is 2.44 bits per heavy atom. The molecule has 0 bridgehead atoms. The van der Waals surface area contributed by atoms with E-state index < -0.39 is 5.97 Å². The molecule has 1 aromatic heterocycles. The van der Waals surface area contributed by atoms with Crippen molar-refractivity contribution in [3.8, 4) is 23.0 Å². The first-order valence-electron chi connectivity index (χ1n) is 7.34. The molecule has 0 aliphatic rings. The van der Waals surface area contributed by atoms with Crippen molar-refractivity contribution in [2.75, 3.05) is 0 Å². The van der Waals surface area contributed by atoms with Crippen LogP contribution in [0.5, 0.6) is 0 Å². The molecule has 5 nitrogen and oxygen atoms in total. The second-order valence-electron chi connectivity index (χ2n) is 5.20. The molecule has 0 amide bonds. The molecule has 0 spiro atoms. The number of hydrogen-bond donors (Lipinski definition) is 1. The van der Waals surface area contributed by atoms with Crippen LogP contribution in [0.15, 0.2) is 70.8 Å². The number of aliphatic carboxylic acids is 1. The summed E-state index contributed by atoms with van der Waals surface area (Å²) in [5, 5.41) is 22.8. The number of carboxylic acids is 1. The molecule has 2 aromatic carbocycles. The maximum absolute atomic E-state index is 11.2. The van der Waals surface area contributed by atoms with Crippen LogP contribution >= 0.6 is 15.9 Å². The molecule has 3 rings (SSSR count). The fourth-order valence-corrected chi connectivity index (χ4v) is 2.60. The number of nitriles is 1. The van der Waals surface area contributed by atoms with Gasteiger partial charge in [-0.25, -0.2) is 9.48 Å². The van der Waals surface area contributed by atoms with Crippen LogP contribution in [0.2, 0.25) is 0 Å². The third-order valence-electron chi connectivity index (χ3n) is 3.53. The van der Waals surface area contributed by atoms with E-state index in [9.17, 15) is 4.79 Å². The highest BCUT2D eigenvalue weighted by Crippen LogP contribution is 2.27. The van der Waals surface area contributed by atoms with E-state index in [1.165, 1.54) is 6.08 Å². The highest BCUT2D eigenvalue weighted by molar-refractivity contribution is 9.10. The summed E-state index contributed by atoms with van der Waals surface area (Å²) in [4.78, 5) is 11.2. The number of halogens is 1. The van der Waals surface area contributed by atoms with Gasteiger partial charge < -0.3 is 5.11 Å². The molecule has 0 atom stereocenters. The lowest BCUT2D eigenvalue weighted by Gasteiger charge is -2.01. The van der Waals surface area contributed by atoms with E-state index in [0.717, 1.165) is 15.7 Å². The van der Waals surface area contributed by atoms with Crippen molar-refractivity contribution in [2.45, 2.75) is 0 Å². The van der Waals surface area contributed by atoms with Gasteiger partial charge in [0.15, 0.2) is 0 Å². The zero-order valence-electron chi connectivity index (χ0n) is 12.9. The van der Waals surface area contributed by atoms with Crippen molar-refractivity contribution in [1.82, 2.24) is 9.78 Å². The Hall–Kier alpha value is -3.17. The van der Waals surface area contributed by atoms with Crippen molar-refractivity contribution >= 4 is 28.0 Å². The van der Waals surface area contributed by atoms with E-state index in [-0.39, 0.29) is 5.57 Å². The standard InChI is InChI=1S/C19H12BrN3O2/c20-16-8-6-13(7-9-16)18-15(10-14(11-21)19(24)25)12-23(22-18)17-4-2-1-3-5-17/h1-10,12H,(H,24,25). The average molecular weight is 394 g/mol. The van der Waals surface area contributed by atoms with Gasteiger partial charge in [0.1, 0.15) is 11.6 Å². The van der Waals surface area contributed by atoms with Crippen molar-refractivity contribution in [3.63, 3.8) is 0 Å². The van der Waals surface area contributed by atoms with Gasteiger partial charge in [0, 0.05) is 21.8 Å². The van der Waals surface area contributed by atoms with Crippen LogP contribution in [0.4, 0.5) is 0 Å². The summed E-state index contributed by atoms with van der Waals surface area (Å²) in [7, 11) is 0. The molecule has 122 valence electrons. The van der Waals surface area contributed by atoms with Gasteiger partial charge in [-0.05, 0) is 30.3 Å². The monoisotopic (exact) mass is 393 g/mol. The first-order valence-corrected chi connectivity index (χ1v) is 8.14. The summed E-state index contributed by atoms with van der Waals surface area (Å²) in [6, 6.07) is 18.7. The molecule has 0 aliphatic heterocycles. The summed E-state index contributed by atoms with van der Waals surface area (Å²) in [5.41, 5.74) is 2.49. The van der Waals surface area contributed by atoms with Gasteiger partial charge in [-0.3, -0.25) is 0 Å². The van der Waals surface area contributed by atoms with E-state index in [0.29, 0.717) is 11.3 Å². The lowest BCUT2D eigenvalue weighted by molar-refractivity contribution is -0.132. The lowest BCUT2D eigenvalue weighted by atomic mass is 10.1. The lowest BCUT2D eigenvalue weighted by Crippen LogP contribution is -1.97. The van der Waals surface area contributed by atoms with Crippen LogP contribution < -0.4 is 0 Å².